The van der Waals surface area contributed by atoms with Crippen molar-refractivity contribution in [2.45, 2.75) is 44.2 Å². The van der Waals surface area contributed by atoms with Gasteiger partial charge in [-0.2, -0.15) is 0 Å². The minimum absolute atomic E-state index is 0.0187. The molecule has 0 spiro atoms. The topological polar surface area (TPSA) is 91.7 Å². The molecule has 0 bridgehead atoms. The van der Waals surface area contributed by atoms with Crippen molar-refractivity contribution in [1.29, 1.82) is 0 Å². The van der Waals surface area contributed by atoms with Gasteiger partial charge in [0, 0.05) is 6.04 Å². The monoisotopic (exact) mass is 483 g/mol. The molecule has 0 radical (unpaired) electrons. The fourth-order valence-electron chi connectivity index (χ4n) is 4.15. The molecule has 4 rings (SSSR count). The van der Waals surface area contributed by atoms with Gasteiger partial charge in [0.2, 0.25) is 5.91 Å². The number of amides is 3. The lowest BCUT2D eigenvalue weighted by atomic mass is 9.95. The summed E-state index contributed by atoms with van der Waals surface area (Å²) in [6.45, 7) is -0.418. The number of nitrogens with zero attached hydrogens (tertiary/aromatic N) is 1. The SMILES string of the molecule is O=C(NCC(=O)N(c1ccccc1F)[C@@H](C(=O)NC1CCCCC1)c1ccco1)c1cccs1. The van der Waals surface area contributed by atoms with E-state index in [1.165, 1.54) is 35.8 Å². The number of rotatable bonds is 8. The molecule has 1 fully saturated rings. The zero-order valence-electron chi connectivity index (χ0n) is 18.5. The second-order valence-corrected chi connectivity index (χ2v) is 9.08. The van der Waals surface area contributed by atoms with Gasteiger partial charge in [0.05, 0.1) is 23.4 Å². The number of halogens is 1. The van der Waals surface area contributed by atoms with Crippen LogP contribution in [0.2, 0.25) is 0 Å². The van der Waals surface area contributed by atoms with Gasteiger partial charge < -0.3 is 15.1 Å². The molecule has 7 nitrogen and oxygen atoms in total. The van der Waals surface area contributed by atoms with E-state index in [-0.39, 0.29) is 17.5 Å². The highest BCUT2D eigenvalue weighted by Crippen LogP contribution is 2.31. The molecule has 1 aromatic carbocycles. The zero-order valence-corrected chi connectivity index (χ0v) is 19.4. The van der Waals surface area contributed by atoms with Crippen molar-refractivity contribution in [3.63, 3.8) is 0 Å². The smallest absolute Gasteiger partial charge is 0.261 e. The molecule has 3 amide bonds. The van der Waals surface area contributed by atoms with E-state index in [2.05, 4.69) is 10.6 Å². The third-order valence-electron chi connectivity index (χ3n) is 5.80. The van der Waals surface area contributed by atoms with Gasteiger partial charge in [0.1, 0.15) is 11.6 Å². The number of hydrogen-bond acceptors (Lipinski definition) is 5. The summed E-state index contributed by atoms with van der Waals surface area (Å²) < 4.78 is 20.4. The Morgan fingerprint density at radius 3 is 2.53 bits per heavy atom. The van der Waals surface area contributed by atoms with Gasteiger partial charge in [0.25, 0.3) is 11.8 Å². The lowest BCUT2D eigenvalue weighted by Gasteiger charge is -2.32. The summed E-state index contributed by atoms with van der Waals surface area (Å²) in [7, 11) is 0. The molecule has 1 saturated carbocycles. The van der Waals surface area contributed by atoms with Gasteiger partial charge in [-0.05, 0) is 48.6 Å². The number of carbonyl (C=O) groups excluding carboxylic acids is 3. The first-order chi connectivity index (χ1) is 16.5. The highest BCUT2D eigenvalue weighted by atomic mass is 32.1. The molecule has 9 heteroatoms. The Morgan fingerprint density at radius 2 is 1.85 bits per heavy atom. The summed E-state index contributed by atoms with van der Waals surface area (Å²) in [6, 6.07) is 11.0. The maximum Gasteiger partial charge on any atom is 0.261 e. The van der Waals surface area contributed by atoms with E-state index in [4.69, 9.17) is 4.42 Å². The summed E-state index contributed by atoms with van der Waals surface area (Å²) >= 11 is 1.24. The van der Waals surface area contributed by atoms with Crippen LogP contribution in [0.5, 0.6) is 0 Å². The van der Waals surface area contributed by atoms with Crippen LogP contribution < -0.4 is 15.5 Å². The van der Waals surface area contributed by atoms with E-state index in [0.29, 0.717) is 4.88 Å². The number of hydrogen-bond donors (Lipinski definition) is 2. The largest absolute Gasteiger partial charge is 0.467 e. The van der Waals surface area contributed by atoms with Crippen molar-refractivity contribution < 1.29 is 23.2 Å². The van der Waals surface area contributed by atoms with E-state index < -0.39 is 36.1 Å². The van der Waals surface area contributed by atoms with Crippen LogP contribution in [0.1, 0.15) is 53.6 Å². The van der Waals surface area contributed by atoms with Gasteiger partial charge in [0.15, 0.2) is 6.04 Å². The number of carbonyl (C=O) groups is 3. The second-order valence-electron chi connectivity index (χ2n) is 8.14. The predicted octanol–water partition coefficient (Wildman–Crippen LogP) is 4.43. The summed E-state index contributed by atoms with van der Waals surface area (Å²) in [5.41, 5.74) is -0.0712. The Hall–Kier alpha value is -3.46. The van der Waals surface area contributed by atoms with E-state index in [9.17, 15) is 18.8 Å². The van der Waals surface area contributed by atoms with Crippen LogP contribution in [-0.2, 0) is 9.59 Å². The molecule has 0 unspecified atom stereocenters. The Morgan fingerprint density at radius 1 is 1.06 bits per heavy atom. The summed E-state index contributed by atoms with van der Waals surface area (Å²) in [5, 5.41) is 7.34. The molecule has 0 saturated heterocycles. The number of nitrogens with one attached hydrogen (secondary N) is 2. The lowest BCUT2D eigenvalue weighted by molar-refractivity contribution is -0.127. The first-order valence-corrected chi connectivity index (χ1v) is 12.1. The van der Waals surface area contributed by atoms with Gasteiger partial charge in [-0.1, -0.05) is 37.5 Å². The standard InChI is InChI=1S/C25H26FN3O4S/c26-18-10-4-5-11-19(18)29(22(30)16-27-24(31)21-13-7-15-34-21)23(20-12-6-14-33-20)25(32)28-17-8-2-1-3-9-17/h4-7,10-15,17,23H,1-3,8-9,16H2,(H,27,31)(H,28,32)/t23-/m1/s1. The van der Waals surface area contributed by atoms with E-state index >= 15 is 0 Å². The first-order valence-electron chi connectivity index (χ1n) is 11.3. The Bertz CT molecular complexity index is 1110. The molecule has 1 atom stereocenters. The average molecular weight is 484 g/mol. The number of thiophene rings is 1. The van der Waals surface area contributed by atoms with E-state index in [1.807, 2.05) is 0 Å². The summed E-state index contributed by atoms with van der Waals surface area (Å²) in [4.78, 5) is 40.8. The third kappa shape index (κ3) is 5.53. The molecule has 1 aliphatic carbocycles. The van der Waals surface area contributed by atoms with Crippen LogP contribution in [0.25, 0.3) is 0 Å². The highest BCUT2D eigenvalue weighted by molar-refractivity contribution is 7.12. The molecule has 0 aliphatic heterocycles. The minimum Gasteiger partial charge on any atom is -0.467 e. The molecular formula is C25H26FN3O4S. The lowest BCUT2D eigenvalue weighted by Crippen LogP contribution is -2.49. The van der Waals surface area contributed by atoms with Crippen LogP contribution in [-0.4, -0.2) is 30.3 Å². The maximum absolute atomic E-state index is 14.9. The van der Waals surface area contributed by atoms with Crippen LogP contribution >= 0.6 is 11.3 Å². The van der Waals surface area contributed by atoms with Crippen molar-refractivity contribution in [3.05, 3.63) is 76.6 Å². The van der Waals surface area contributed by atoms with E-state index in [1.54, 1.807) is 35.7 Å². The third-order valence-corrected chi connectivity index (χ3v) is 6.67. The van der Waals surface area contributed by atoms with Gasteiger partial charge in [-0.25, -0.2) is 4.39 Å². The van der Waals surface area contributed by atoms with Crippen LogP contribution in [0.3, 0.4) is 0 Å². The number of anilines is 1. The minimum atomic E-state index is -1.24. The quantitative estimate of drug-likeness (QED) is 0.496. The van der Waals surface area contributed by atoms with Gasteiger partial charge >= 0.3 is 0 Å². The summed E-state index contributed by atoms with van der Waals surface area (Å²) in [5.74, 6) is -1.98. The molecular weight excluding hydrogens is 457 g/mol. The van der Waals surface area contributed by atoms with Crippen molar-refractivity contribution in [1.82, 2.24) is 10.6 Å². The van der Waals surface area contributed by atoms with Crippen LogP contribution in [0.15, 0.2) is 64.6 Å². The highest BCUT2D eigenvalue weighted by Gasteiger charge is 2.37. The Balaban J connectivity index is 1.64. The van der Waals surface area contributed by atoms with Crippen molar-refractivity contribution in [2.24, 2.45) is 0 Å². The normalized spacial score (nSPS) is 14.9. The predicted molar refractivity (Wildman–Crippen MR) is 127 cm³/mol. The Labute approximate surface area is 200 Å². The molecule has 34 heavy (non-hydrogen) atoms. The van der Waals surface area contributed by atoms with Crippen LogP contribution in [0, 0.1) is 5.82 Å². The fraction of sp³-hybridized carbons (Fsp3) is 0.320. The summed E-state index contributed by atoms with van der Waals surface area (Å²) in [6.07, 6.45) is 6.25. The molecule has 2 N–H and O–H groups in total. The first kappa shape index (κ1) is 23.7. The molecule has 2 heterocycles. The number of furan rings is 1. The number of para-hydroxylation sites is 1. The van der Waals surface area contributed by atoms with Crippen molar-refractivity contribution >= 4 is 34.7 Å². The van der Waals surface area contributed by atoms with Crippen molar-refractivity contribution in [3.8, 4) is 0 Å². The molecule has 178 valence electrons. The molecule has 2 aromatic heterocycles. The van der Waals surface area contributed by atoms with Gasteiger partial charge in [-0.15, -0.1) is 11.3 Å². The Kier molecular flexibility index (Phi) is 7.74. The number of benzene rings is 1. The molecule has 1 aliphatic rings. The maximum atomic E-state index is 14.9. The van der Waals surface area contributed by atoms with Gasteiger partial charge in [-0.3, -0.25) is 19.3 Å². The average Bonchev–Trinajstić information content (AvgIpc) is 3.57. The second kappa shape index (κ2) is 11.1. The fourth-order valence-corrected chi connectivity index (χ4v) is 4.79. The zero-order chi connectivity index (χ0) is 23.9. The van der Waals surface area contributed by atoms with Crippen molar-refractivity contribution in [2.75, 3.05) is 11.4 Å². The molecule has 3 aromatic rings. The van der Waals surface area contributed by atoms with E-state index in [0.717, 1.165) is 37.0 Å². The van der Waals surface area contributed by atoms with Crippen LogP contribution in [0.4, 0.5) is 10.1 Å².